The van der Waals surface area contributed by atoms with Crippen LogP contribution in [0.2, 0.25) is 0 Å². The van der Waals surface area contributed by atoms with Gasteiger partial charge in [-0.1, -0.05) is 0 Å². The summed E-state index contributed by atoms with van der Waals surface area (Å²) >= 11 is 0. The molecule has 0 radical (unpaired) electrons. The largest absolute Gasteiger partial charge is 0.357 e. The predicted molar refractivity (Wildman–Crippen MR) is 44.0 cm³/mol. The van der Waals surface area contributed by atoms with E-state index in [1.54, 1.807) is 5.43 Å². The van der Waals surface area contributed by atoms with Crippen molar-refractivity contribution in [2.24, 2.45) is 5.84 Å². The number of likely N-dealkylation sites (N-methyl/N-ethyl adjacent to an activating group) is 1. The van der Waals surface area contributed by atoms with E-state index < -0.39 is 23.8 Å². The fraction of sp³-hybridized carbons (Fsp3) is 0.500. The van der Waals surface area contributed by atoms with Crippen LogP contribution < -0.4 is 21.9 Å². The number of nitrogens with two attached hydrogens (primary N) is 1. The highest BCUT2D eigenvalue weighted by molar-refractivity contribution is 6.35. The second kappa shape index (κ2) is 5.09. The fourth-order valence-electron chi connectivity index (χ4n) is 0.610. The Bertz CT molecular complexity index is 228. The summed E-state index contributed by atoms with van der Waals surface area (Å²) in [5.74, 6) is 2.37. The highest BCUT2D eigenvalue weighted by atomic mass is 16.2. The molecule has 0 bridgehead atoms. The molecular weight excluding hydrogens is 176 g/mol. The maximum absolute atomic E-state index is 10.9. The van der Waals surface area contributed by atoms with Crippen molar-refractivity contribution >= 4 is 17.7 Å². The first-order valence-corrected chi connectivity index (χ1v) is 3.56. The Hall–Kier alpha value is -1.63. The molecule has 7 nitrogen and oxygen atoms in total. The molecule has 0 aliphatic carbocycles. The van der Waals surface area contributed by atoms with E-state index in [2.05, 4.69) is 10.6 Å². The zero-order valence-corrected chi connectivity index (χ0v) is 7.38. The molecule has 0 aromatic heterocycles. The SMILES string of the molecule is CNC(=O)C(C)NC(=O)C(=O)NN. The highest BCUT2D eigenvalue weighted by Crippen LogP contribution is 1.80. The van der Waals surface area contributed by atoms with E-state index >= 15 is 0 Å². The van der Waals surface area contributed by atoms with Gasteiger partial charge in [0.2, 0.25) is 5.91 Å². The molecule has 0 heterocycles. The van der Waals surface area contributed by atoms with Gasteiger partial charge in [-0.3, -0.25) is 19.8 Å². The van der Waals surface area contributed by atoms with Crippen LogP contribution in [0.5, 0.6) is 0 Å². The molecule has 3 amide bonds. The zero-order chi connectivity index (χ0) is 10.4. The number of hydrogen-bond donors (Lipinski definition) is 4. The number of amides is 3. The maximum Gasteiger partial charge on any atom is 0.323 e. The second-order valence-corrected chi connectivity index (χ2v) is 2.28. The predicted octanol–water partition coefficient (Wildman–Crippen LogP) is -2.77. The first-order chi connectivity index (χ1) is 6.02. The lowest BCUT2D eigenvalue weighted by atomic mass is 10.3. The van der Waals surface area contributed by atoms with Gasteiger partial charge in [0.15, 0.2) is 0 Å². The first-order valence-electron chi connectivity index (χ1n) is 3.56. The summed E-state index contributed by atoms with van der Waals surface area (Å²) in [6.07, 6.45) is 0. The summed E-state index contributed by atoms with van der Waals surface area (Å²) in [4.78, 5) is 32.3. The molecule has 0 saturated heterocycles. The van der Waals surface area contributed by atoms with E-state index in [9.17, 15) is 14.4 Å². The number of carbonyl (C=O) groups excluding carboxylic acids is 3. The van der Waals surface area contributed by atoms with E-state index in [-0.39, 0.29) is 0 Å². The molecule has 0 aliphatic rings. The topological polar surface area (TPSA) is 113 Å². The molecule has 0 aromatic rings. The number of carbonyl (C=O) groups is 3. The van der Waals surface area contributed by atoms with Crippen LogP contribution in [0.4, 0.5) is 0 Å². The summed E-state index contributed by atoms with van der Waals surface area (Å²) < 4.78 is 0. The van der Waals surface area contributed by atoms with Gasteiger partial charge in [0.25, 0.3) is 0 Å². The lowest BCUT2D eigenvalue weighted by molar-refractivity contribution is -0.140. The Morgan fingerprint density at radius 1 is 1.23 bits per heavy atom. The third-order valence-electron chi connectivity index (χ3n) is 1.32. The van der Waals surface area contributed by atoms with Crippen molar-refractivity contribution in [1.82, 2.24) is 16.1 Å². The molecule has 0 rings (SSSR count). The van der Waals surface area contributed by atoms with Crippen molar-refractivity contribution in [2.75, 3.05) is 7.05 Å². The fourth-order valence-corrected chi connectivity index (χ4v) is 0.610. The molecular formula is C6H12N4O3. The minimum absolute atomic E-state index is 0.391. The molecule has 74 valence electrons. The minimum atomic E-state index is -0.990. The number of nitrogens with one attached hydrogen (secondary N) is 3. The first kappa shape index (κ1) is 11.4. The van der Waals surface area contributed by atoms with Gasteiger partial charge in [0, 0.05) is 7.05 Å². The molecule has 13 heavy (non-hydrogen) atoms. The van der Waals surface area contributed by atoms with Crippen LogP contribution in [0, 0.1) is 0 Å². The molecule has 7 heteroatoms. The van der Waals surface area contributed by atoms with Crippen LogP contribution in [-0.4, -0.2) is 30.8 Å². The normalized spacial score (nSPS) is 11.3. The van der Waals surface area contributed by atoms with Crippen LogP contribution in [0.15, 0.2) is 0 Å². The Morgan fingerprint density at radius 3 is 2.15 bits per heavy atom. The molecule has 1 atom stereocenters. The highest BCUT2D eigenvalue weighted by Gasteiger charge is 2.18. The van der Waals surface area contributed by atoms with Gasteiger partial charge in [-0.15, -0.1) is 0 Å². The third-order valence-corrected chi connectivity index (χ3v) is 1.32. The number of rotatable bonds is 2. The van der Waals surface area contributed by atoms with Crippen molar-refractivity contribution in [3.8, 4) is 0 Å². The van der Waals surface area contributed by atoms with Crippen LogP contribution in [-0.2, 0) is 14.4 Å². The number of hydrazine groups is 1. The summed E-state index contributed by atoms with van der Waals surface area (Å²) in [5, 5.41) is 4.45. The maximum atomic E-state index is 10.9. The van der Waals surface area contributed by atoms with Crippen molar-refractivity contribution in [3.05, 3.63) is 0 Å². The van der Waals surface area contributed by atoms with E-state index in [0.29, 0.717) is 0 Å². The van der Waals surface area contributed by atoms with Gasteiger partial charge in [0.1, 0.15) is 6.04 Å². The Balaban J connectivity index is 4.06. The van der Waals surface area contributed by atoms with Crippen molar-refractivity contribution in [2.45, 2.75) is 13.0 Å². The zero-order valence-electron chi connectivity index (χ0n) is 7.38. The van der Waals surface area contributed by atoms with Crippen LogP contribution in [0.25, 0.3) is 0 Å². The Labute approximate surface area is 75.0 Å². The smallest absolute Gasteiger partial charge is 0.323 e. The van der Waals surface area contributed by atoms with Crippen LogP contribution >= 0.6 is 0 Å². The lowest BCUT2D eigenvalue weighted by Gasteiger charge is -2.10. The second-order valence-electron chi connectivity index (χ2n) is 2.28. The van der Waals surface area contributed by atoms with E-state index in [0.717, 1.165) is 0 Å². The molecule has 0 fully saturated rings. The van der Waals surface area contributed by atoms with E-state index in [4.69, 9.17) is 5.84 Å². The standard InChI is InChI=1S/C6H12N4O3/c1-3(4(11)8-2)9-5(12)6(13)10-7/h3H,7H2,1-2H3,(H,8,11)(H,9,12)(H,10,13). The summed E-state index contributed by atoms with van der Waals surface area (Å²) in [5.41, 5.74) is 1.64. The quantitative estimate of drug-likeness (QED) is 0.162. The van der Waals surface area contributed by atoms with E-state index in [1.807, 2.05) is 0 Å². The molecule has 0 aliphatic heterocycles. The van der Waals surface area contributed by atoms with Gasteiger partial charge in [-0.25, -0.2) is 5.84 Å². The van der Waals surface area contributed by atoms with Crippen LogP contribution in [0.3, 0.4) is 0 Å². The summed E-state index contributed by atoms with van der Waals surface area (Å²) in [6, 6.07) is -0.769. The van der Waals surface area contributed by atoms with Gasteiger partial charge in [-0.05, 0) is 6.92 Å². The van der Waals surface area contributed by atoms with Crippen molar-refractivity contribution < 1.29 is 14.4 Å². The van der Waals surface area contributed by atoms with Gasteiger partial charge in [0.05, 0.1) is 0 Å². The summed E-state index contributed by atoms with van der Waals surface area (Å²) in [7, 11) is 1.42. The molecule has 0 spiro atoms. The Kier molecular flexibility index (Phi) is 4.45. The van der Waals surface area contributed by atoms with E-state index in [1.165, 1.54) is 14.0 Å². The Morgan fingerprint density at radius 2 is 1.77 bits per heavy atom. The van der Waals surface area contributed by atoms with Gasteiger partial charge >= 0.3 is 11.8 Å². The molecule has 5 N–H and O–H groups in total. The molecule has 0 saturated carbocycles. The monoisotopic (exact) mass is 188 g/mol. The van der Waals surface area contributed by atoms with Crippen LogP contribution in [0.1, 0.15) is 6.92 Å². The third kappa shape index (κ3) is 3.52. The van der Waals surface area contributed by atoms with Crippen molar-refractivity contribution in [1.29, 1.82) is 0 Å². The average molecular weight is 188 g/mol. The average Bonchev–Trinajstić information content (AvgIpc) is 2.14. The molecule has 0 aromatic carbocycles. The van der Waals surface area contributed by atoms with Gasteiger partial charge < -0.3 is 10.6 Å². The molecule has 1 unspecified atom stereocenters. The lowest BCUT2D eigenvalue weighted by Crippen LogP contribution is -2.50. The number of hydrogen-bond acceptors (Lipinski definition) is 4. The van der Waals surface area contributed by atoms with Crippen molar-refractivity contribution in [3.63, 3.8) is 0 Å². The minimum Gasteiger partial charge on any atom is -0.357 e. The summed E-state index contributed by atoms with van der Waals surface area (Å²) in [6.45, 7) is 1.44. The van der Waals surface area contributed by atoms with Gasteiger partial charge in [-0.2, -0.15) is 0 Å².